The second-order valence-corrected chi connectivity index (χ2v) is 15.7. The van der Waals surface area contributed by atoms with E-state index in [9.17, 15) is 14.4 Å². The minimum absolute atomic E-state index is 0.0984. The van der Waals surface area contributed by atoms with Crippen molar-refractivity contribution >= 4 is 63.3 Å². The van der Waals surface area contributed by atoms with Crippen LogP contribution in [0.3, 0.4) is 0 Å². The zero-order chi connectivity index (χ0) is 39.3. The van der Waals surface area contributed by atoms with Gasteiger partial charge in [-0.3, -0.25) is 19.9 Å². The summed E-state index contributed by atoms with van der Waals surface area (Å²) in [4.78, 5) is 53.0. The van der Waals surface area contributed by atoms with E-state index in [1.807, 2.05) is 6.26 Å². The third-order valence-electron chi connectivity index (χ3n) is 9.14. The molecule has 14 nitrogen and oxygen atoms in total. The lowest BCUT2D eigenvalue weighted by Crippen LogP contribution is -2.37. The van der Waals surface area contributed by atoms with Crippen LogP contribution < -0.4 is 24.3 Å². The zero-order valence-electron chi connectivity index (χ0n) is 31.8. The number of methoxy groups -OCH3 is 2. The van der Waals surface area contributed by atoms with Crippen LogP contribution in [-0.2, 0) is 9.57 Å². The first-order valence-electron chi connectivity index (χ1n) is 18.0. The molecule has 55 heavy (non-hydrogen) atoms. The summed E-state index contributed by atoms with van der Waals surface area (Å²) < 4.78 is 28.8. The zero-order valence-corrected chi connectivity index (χ0v) is 33.4. The number of carbonyl (C=O) groups is 3. The molecule has 3 aliphatic heterocycles. The maximum absolute atomic E-state index is 14.0. The number of ether oxygens (including phenoxy) is 5. The Labute approximate surface area is 330 Å². The number of nitrogens with zero attached hydrogens (tertiary/aromatic N) is 4. The maximum atomic E-state index is 14.0. The molecule has 2 fully saturated rings. The first-order valence-corrected chi connectivity index (χ1v) is 20.7. The van der Waals surface area contributed by atoms with E-state index in [1.165, 1.54) is 14.2 Å². The minimum atomic E-state index is -0.682. The van der Waals surface area contributed by atoms with Gasteiger partial charge in [-0.2, -0.15) is 0 Å². The number of fused-ring (bicyclic) bond motifs is 2. The van der Waals surface area contributed by atoms with Crippen molar-refractivity contribution in [1.29, 1.82) is 0 Å². The SMILES string of the molecule is C=C1C[C@H]2C=Nc3cc(OCCCCCOc4cc(NC(=O)OCCCSSC)c(C(=O)N5CC(=C)C[C@H]5/C=N/OC)cc4OC)c(OC)cc3C(=O)N2C1. The third kappa shape index (κ3) is 10.7. The van der Waals surface area contributed by atoms with Gasteiger partial charge in [-0.15, -0.1) is 0 Å². The third-order valence-corrected chi connectivity index (χ3v) is 11.0. The molecule has 2 saturated heterocycles. The molecule has 0 saturated carbocycles. The minimum Gasteiger partial charge on any atom is -0.493 e. The molecule has 3 heterocycles. The molecule has 0 aliphatic carbocycles. The lowest BCUT2D eigenvalue weighted by atomic mass is 10.1. The molecule has 2 atom stereocenters. The summed E-state index contributed by atoms with van der Waals surface area (Å²) in [5.41, 5.74) is 3.33. The van der Waals surface area contributed by atoms with Crippen LogP contribution in [0.4, 0.5) is 16.2 Å². The summed E-state index contributed by atoms with van der Waals surface area (Å²) in [6.45, 7) is 9.92. The van der Waals surface area contributed by atoms with Crippen LogP contribution in [0.1, 0.15) is 59.2 Å². The Balaban J connectivity index is 1.20. The molecular formula is C39H49N5O9S2. The number of hydrogen-bond donors (Lipinski definition) is 1. The van der Waals surface area contributed by atoms with Crippen molar-refractivity contribution in [3.63, 3.8) is 0 Å². The Hall–Kier alpha value is -4.83. The number of carbonyl (C=O) groups excluding carboxylic acids is 3. The van der Waals surface area contributed by atoms with Crippen molar-refractivity contribution in [2.45, 2.75) is 50.6 Å². The fourth-order valence-electron chi connectivity index (χ4n) is 6.44. The normalized spacial score (nSPS) is 17.6. The molecule has 0 bridgehead atoms. The van der Waals surface area contributed by atoms with Crippen LogP contribution in [-0.4, -0.2) is 118 Å². The number of oxime groups is 1. The van der Waals surface area contributed by atoms with E-state index in [0.717, 1.165) is 29.7 Å². The Morgan fingerprint density at radius 1 is 0.927 bits per heavy atom. The molecular weight excluding hydrogens is 747 g/mol. The Bertz CT molecular complexity index is 1800. The summed E-state index contributed by atoms with van der Waals surface area (Å²) in [6, 6.07) is 6.13. The number of hydrogen-bond acceptors (Lipinski definition) is 13. The molecule has 0 spiro atoms. The largest absolute Gasteiger partial charge is 0.493 e. The van der Waals surface area contributed by atoms with Crippen molar-refractivity contribution in [1.82, 2.24) is 9.80 Å². The highest BCUT2D eigenvalue weighted by molar-refractivity contribution is 8.76. The van der Waals surface area contributed by atoms with Gasteiger partial charge in [0.2, 0.25) is 0 Å². The van der Waals surface area contributed by atoms with Crippen LogP contribution in [0.15, 0.2) is 58.7 Å². The smallest absolute Gasteiger partial charge is 0.411 e. The van der Waals surface area contributed by atoms with E-state index in [0.29, 0.717) is 86.2 Å². The van der Waals surface area contributed by atoms with Crippen LogP contribution in [0.25, 0.3) is 0 Å². The molecule has 5 rings (SSSR count). The number of benzene rings is 2. The van der Waals surface area contributed by atoms with Gasteiger partial charge in [0.05, 0.1) is 74.8 Å². The summed E-state index contributed by atoms with van der Waals surface area (Å²) >= 11 is 0. The topological polar surface area (TPSA) is 150 Å². The average molecular weight is 796 g/mol. The molecule has 3 amide bonds. The maximum Gasteiger partial charge on any atom is 0.411 e. The predicted molar refractivity (Wildman–Crippen MR) is 217 cm³/mol. The molecule has 3 aliphatic rings. The number of likely N-dealkylation sites (tertiary alicyclic amines) is 1. The standard InChI is InChI=1S/C39H49N5O9S2/c1-25-15-27-21-40-31-19-35(33(48-3)17-29(31)37(45)43(27)23-25)51-11-8-7-9-12-52-36-20-32(42-39(47)53-13-10-14-55-54-6)30(18-34(36)49-4)38(46)44-24-26(2)16-28(44)22-41-50-5/h17-22,27-28H,1-2,7-16,23-24H2,3-6H3,(H,42,47)/b41-22+/t27-,28-/m0/s1. The van der Waals surface area contributed by atoms with Gasteiger partial charge >= 0.3 is 6.09 Å². The highest BCUT2D eigenvalue weighted by atomic mass is 33.1. The van der Waals surface area contributed by atoms with E-state index < -0.39 is 6.09 Å². The lowest BCUT2D eigenvalue weighted by Gasteiger charge is -2.23. The van der Waals surface area contributed by atoms with E-state index >= 15 is 0 Å². The van der Waals surface area contributed by atoms with Crippen LogP contribution in [0.5, 0.6) is 23.0 Å². The van der Waals surface area contributed by atoms with Crippen LogP contribution in [0.2, 0.25) is 0 Å². The Morgan fingerprint density at radius 3 is 2.35 bits per heavy atom. The molecule has 0 aromatic heterocycles. The van der Waals surface area contributed by atoms with Gasteiger partial charge in [-0.1, -0.05) is 51.0 Å². The predicted octanol–water partition coefficient (Wildman–Crippen LogP) is 7.17. The van der Waals surface area contributed by atoms with Gasteiger partial charge in [0, 0.05) is 37.2 Å². The molecule has 16 heteroatoms. The van der Waals surface area contributed by atoms with E-state index in [-0.39, 0.29) is 41.8 Å². The number of aliphatic imine (C=N–C) groups is 1. The monoisotopic (exact) mass is 795 g/mol. The summed E-state index contributed by atoms with van der Waals surface area (Å²) in [5, 5.41) is 6.62. The number of rotatable bonds is 19. The van der Waals surface area contributed by atoms with Crippen LogP contribution >= 0.6 is 21.6 Å². The summed E-state index contributed by atoms with van der Waals surface area (Å²) in [6.07, 6.45) is 8.79. The second-order valence-electron chi connectivity index (χ2n) is 13.1. The van der Waals surface area contributed by atoms with Gasteiger partial charge < -0.3 is 38.3 Å². The highest BCUT2D eigenvalue weighted by Gasteiger charge is 2.35. The summed E-state index contributed by atoms with van der Waals surface area (Å²) in [7, 11) is 7.81. The quantitative estimate of drug-likeness (QED) is 0.0507. The van der Waals surface area contributed by atoms with Crippen molar-refractivity contribution < 1.29 is 42.9 Å². The molecule has 0 radical (unpaired) electrons. The average Bonchev–Trinajstić information content (AvgIpc) is 3.72. The van der Waals surface area contributed by atoms with Gasteiger partial charge in [0.15, 0.2) is 23.0 Å². The molecule has 2 aromatic rings. The Kier molecular flexibility index (Phi) is 15.2. The molecule has 1 N–H and O–H groups in total. The molecule has 2 aromatic carbocycles. The first kappa shape index (κ1) is 41.3. The number of amides is 3. The Morgan fingerprint density at radius 2 is 1.64 bits per heavy atom. The van der Waals surface area contributed by atoms with E-state index in [2.05, 4.69) is 28.6 Å². The van der Waals surface area contributed by atoms with Crippen LogP contribution in [0, 0.1) is 0 Å². The first-order chi connectivity index (χ1) is 26.7. The highest BCUT2D eigenvalue weighted by Crippen LogP contribution is 2.39. The lowest BCUT2D eigenvalue weighted by molar-refractivity contribution is 0.0767. The van der Waals surface area contributed by atoms with Crippen molar-refractivity contribution in [3.05, 3.63) is 59.7 Å². The van der Waals surface area contributed by atoms with Crippen molar-refractivity contribution in [2.75, 3.05) is 71.6 Å². The fourth-order valence-corrected chi connectivity index (χ4v) is 7.70. The van der Waals surface area contributed by atoms with Gasteiger partial charge in [-0.05, 0) is 56.9 Å². The van der Waals surface area contributed by atoms with Crippen molar-refractivity contribution in [3.8, 4) is 23.0 Å². The van der Waals surface area contributed by atoms with E-state index in [1.54, 1.807) is 75.2 Å². The van der Waals surface area contributed by atoms with Crippen molar-refractivity contribution in [2.24, 2.45) is 10.1 Å². The van der Waals surface area contributed by atoms with E-state index in [4.69, 9.17) is 28.5 Å². The fraction of sp³-hybridized carbons (Fsp3) is 0.462. The number of anilines is 1. The van der Waals surface area contributed by atoms with Gasteiger partial charge in [0.25, 0.3) is 11.8 Å². The molecule has 0 unspecified atom stereocenters. The van der Waals surface area contributed by atoms with Gasteiger partial charge in [0.1, 0.15) is 7.11 Å². The second kappa shape index (κ2) is 20.2. The molecule has 296 valence electrons. The number of nitrogens with one attached hydrogen (secondary N) is 1. The summed E-state index contributed by atoms with van der Waals surface area (Å²) in [5.74, 6) is 2.07. The number of unbranched alkanes of at least 4 members (excludes halogenated alkanes) is 2. The van der Waals surface area contributed by atoms with Gasteiger partial charge in [-0.25, -0.2) is 4.79 Å².